The van der Waals surface area contributed by atoms with Crippen molar-refractivity contribution < 1.29 is 17.9 Å². The van der Waals surface area contributed by atoms with Gasteiger partial charge in [0, 0.05) is 36.2 Å². The largest absolute Gasteiger partial charge is 0.394 e. The molecule has 0 spiro atoms. The number of hydrogen-bond donors (Lipinski definition) is 0. The minimum atomic E-state index is -4.19. The van der Waals surface area contributed by atoms with E-state index in [9.17, 15) is 18.0 Å². The first-order valence-corrected chi connectivity index (χ1v) is 13.5. The second-order valence-electron chi connectivity index (χ2n) is 12.0. The fourth-order valence-electron chi connectivity index (χ4n) is 6.95. The Labute approximate surface area is 217 Å². The summed E-state index contributed by atoms with van der Waals surface area (Å²) >= 11 is 0. The maximum absolute atomic E-state index is 13.6. The molecule has 0 radical (unpaired) electrons. The maximum atomic E-state index is 13.6. The molecule has 1 aliphatic heterocycles. The summed E-state index contributed by atoms with van der Waals surface area (Å²) in [4.78, 5) is 31.6. The first kappa shape index (κ1) is 24.2. The Balaban J connectivity index is 1.23. The minimum Gasteiger partial charge on any atom is -0.373 e. The third-order valence-electron chi connectivity index (χ3n) is 9.54. The fourth-order valence-corrected chi connectivity index (χ4v) is 6.95. The molecular formula is C28H30F3N5O2. The SMILES string of the molecule is Cc1nc2nc(C3CCOC(c4ccc(=O)n(C5CCC5)c4)C3)nc(C34CC(C(F)(F)F)(C3)C4)c2nc1C. The quantitative estimate of drug-likeness (QED) is 0.445. The predicted octanol–water partition coefficient (Wildman–Crippen LogP) is 5.54. The van der Waals surface area contributed by atoms with E-state index < -0.39 is 17.0 Å². The average molecular weight is 526 g/mol. The number of rotatable bonds is 4. The van der Waals surface area contributed by atoms with Crippen LogP contribution in [0.1, 0.15) is 97.9 Å². The molecule has 4 saturated carbocycles. The van der Waals surface area contributed by atoms with Crippen molar-refractivity contribution in [2.75, 3.05) is 6.61 Å². The van der Waals surface area contributed by atoms with Gasteiger partial charge in [-0.15, -0.1) is 0 Å². The molecule has 200 valence electrons. The van der Waals surface area contributed by atoms with Gasteiger partial charge in [0.25, 0.3) is 5.56 Å². The molecule has 3 aromatic heterocycles. The zero-order valence-electron chi connectivity index (χ0n) is 21.5. The summed E-state index contributed by atoms with van der Waals surface area (Å²) < 4.78 is 48.9. The average Bonchev–Trinajstić information content (AvgIpc) is 2.77. The van der Waals surface area contributed by atoms with Crippen molar-refractivity contribution >= 4 is 11.2 Å². The molecule has 38 heavy (non-hydrogen) atoms. The van der Waals surface area contributed by atoms with Crippen LogP contribution in [0.3, 0.4) is 0 Å². The van der Waals surface area contributed by atoms with Crippen LogP contribution >= 0.6 is 0 Å². The second-order valence-corrected chi connectivity index (χ2v) is 12.0. The zero-order chi connectivity index (χ0) is 26.4. The van der Waals surface area contributed by atoms with Crippen molar-refractivity contribution in [2.24, 2.45) is 5.41 Å². The number of aromatic nitrogens is 5. The molecule has 7 nitrogen and oxygen atoms in total. The van der Waals surface area contributed by atoms with Gasteiger partial charge in [-0.1, -0.05) is 0 Å². The topological polar surface area (TPSA) is 82.8 Å². The number of nitrogens with zero attached hydrogens (tertiary/aromatic N) is 5. The number of halogens is 3. The van der Waals surface area contributed by atoms with Gasteiger partial charge < -0.3 is 9.30 Å². The van der Waals surface area contributed by atoms with Gasteiger partial charge in [0.1, 0.15) is 11.3 Å². The van der Waals surface area contributed by atoms with Crippen LogP contribution in [0.15, 0.2) is 23.1 Å². The highest BCUT2D eigenvalue weighted by Gasteiger charge is 2.79. The third kappa shape index (κ3) is 3.48. The summed E-state index contributed by atoms with van der Waals surface area (Å²) in [5.41, 5.74) is 1.88. The van der Waals surface area contributed by atoms with Crippen molar-refractivity contribution in [1.29, 1.82) is 0 Å². The summed E-state index contributed by atoms with van der Waals surface area (Å²) in [5.74, 6) is 0.574. The Morgan fingerprint density at radius 3 is 2.42 bits per heavy atom. The molecule has 0 N–H and O–H groups in total. The maximum Gasteiger partial charge on any atom is 0.394 e. The van der Waals surface area contributed by atoms with E-state index >= 15 is 0 Å². The van der Waals surface area contributed by atoms with E-state index in [1.165, 1.54) is 0 Å². The second kappa shape index (κ2) is 8.07. The molecule has 8 rings (SSSR count). The molecule has 5 fully saturated rings. The van der Waals surface area contributed by atoms with Gasteiger partial charge in [-0.3, -0.25) is 4.79 Å². The van der Waals surface area contributed by atoms with Crippen LogP contribution in [0.2, 0.25) is 0 Å². The highest BCUT2D eigenvalue weighted by molar-refractivity contribution is 5.75. The predicted molar refractivity (Wildman–Crippen MR) is 133 cm³/mol. The van der Waals surface area contributed by atoms with Gasteiger partial charge in [-0.2, -0.15) is 13.2 Å². The number of fused-ring (bicyclic) bond motifs is 1. The van der Waals surface area contributed by atoms with E-state index in [2.05, 4.69) is 4.98 Å². The van der Waals surface area contributed by atoms with E-state index in [0.717, 1.165) is 36.2 Å². The van der Waals surface area contributed by atoms with Gasteiger partial charge in [0.05, 0.1) is 28.6 Å². The molecule has 4 heterocycles. The van der Waals surface area contributed by atoms with Crippen molar-refractivity contribution in [3.05, 3.63) is 57.2 Å². The molecule has 10 heteroatoms. The highest BCUT2D eigenvalue weighted by atomic mass is 19.4. The van der Waals surface area contributed by atoms with E-state index in [-0.39, 0.29) is 42.9 Å². The van der Waals surface area contributed by atoms with Gasteiger partial charge in [-0.05, 0) is 76.8 Å². The van der Waals surface area contributed by atoms with Crippen LogP contribution in [0.5, 0.6) is 0 Å². The van der Waals surface area contributed by atoms with Crippen LogP contribution in [-0.4, -0.2) is 37.3 Å². The highest BCUT2D eigenvalue weighted by Crippen LogP contribution is 2.78. The number of pyridine rings is 1. The molecule has 2 bridgehead atoms. The van der Waals surface area contributed by atoms with Crippen molar-refractivity contribution in [2.45, 2.75) is 94.9 Å². The van der Waals surface area contributed by atoms with Crippen LogP contribution < -0.4 is 5.56 Å². The Morgan fingerprint density at radius 1 is 1.00 bits per heavy atom. The first-order valence-electron chi connectivity index (χ1n) is 13.5. The zero-order valence-corrected chi connectivity index (χ0v) is 21.5. The standard InChI is InChI=1S/C28H30F3N5O2/c1-15-16(2)33-25-22(32-15)23(26-12-27(13-26,14-26)28(29,30)31)34-24(35-25)17-8-9-38-20(10-17)18-6-7-21(37)36(11-18)19-4-3-5-19/h6-7,11,17,19-20H,3-5,8-10,12-14H2,1-2H3. The van der Waals surface area contributed by atoms with Gasteiger partial charge >= 0.3 is 6.18 Å². The van der Waals surface area contributed by atoms with Crippen LogP contribution in [0, 0.1) is 19.3 Å². The van der Waals surface area contributed by atoms with Crippen LogP contribution in [0.25, 0.3) is 11.2 Å². The van der Waals surface area contributed by atoms with E-state index in [1.54, 1.807) is 6.07 Å². The molecule has 0 aromatic carbocycles. The third-order valence-corrected chi connectivity index (χ3v) is 9.54. The molecule has 4 aliphatic carbocycles. The molecular weight excluding hydrogens is 495 g/mol. The molecule has 2 unspecified atom stereocenters. The Hall–Kier alpha value is -2.88. The Morgan fingerprint density at radius 2 is 1.74 bits per heavy atom. The van der Waals surface area contributed by atoms with E-state index in [4.69, 9.17) is 19.7 Å². The molecule has 3 aromatic rings. The number of alkyl halides is 3. The summed E-state index contributed by atoms with van der Waals surface area (Å²) in [6, 6.07) is 3.71. The molecule has 5 aliphatic rings. The van der Waals surface area contributed by atoms with Gasteiger partial charge in [0.2, 0.25) is 0 Å². The number of aryl methyl sites for hydroxylation is 2. The van der Waals surface area contributed by atoms with E-state index in [1.807, 2.05) is 30.7 Å². The lowest BCUT2D eigenvalue weighted by Gasteiger charge is -2.70. The summed E-state index contributed by atoms with van der Waals surface area (Å²) in [6.07, 6.45) is 2.22. The summed E-state index contributed by atoms with van der Waals surface area (Å²) in [6.45, 7) is 4.23. The lowest BCUT2D eigenvalue weighted by atomic mass is 9.34. The molecule has 1 saturated heterocycles. The monoisotopic (exact) mass is 525 g/mol. The van der Waals surface area contributed by atoms with Crippen molar-refractivity contribution in [1.82, 2.24) is 24.5 Å². The smallest absolute Gasteiger partial charge is 0.373 e. The Bertz CT molecular complexity index is 1490. The van der Waals surface area contributed by atoms with E-state index in [0.29, 0.717) is 42.1 Å². The van der Waals surface area contributed by atoms with Gasteiger partial charge in [0.15, 0.2) is 5.65 Å². The molecule has 2 atom stereocenters. The fraction of sp³-hybridized carbons (Fsp3) is 0.607. The number of ether oxygens (including phenoxy) is 1. The molecule has 0 amide bonds. The Kier molecular flexibility index (Phi) is 5.13. The van der Waals surface area contributed by atoms with Crippen LogP contribution in [0.4, 0.5) is 13.2 Å². The summed E-state index contributed by atoms with van der Waals surface area (Å²) in [5, 5.41) is 0. The normalized spacial score (nSPS) is 31.0. The van der Waals surface area contributed by atoms with Crippen molar-refractivity contribution in [3.8, 4) is 0 Å². The minimum absolute atomic E-state index is 0.00716. The first-order chi connectivity index (χ1) is 18.1. The lowest BCUT2D eigenvalue weighted by molar-refractivity contribution is -0.337. The van der Waals surface area contributed by atoms with Crippen molar-refractivity contribution in [3.63, 3.8) is 0 Å². The number of hydrogen-bond acceptors (Lipinski definition) is 6. The summed E-state index contributed by atoms with van der Waals surface area (Å²) in [7, 11) is 0. The van der Waals surface area contributed by atoms with Crippen LogP contribution in [-0.2, 0) is 10.2 Å². The van der Waals surface area contributed by atoms with Gasteiger partial charge in [-0.25, -0.2) is 19.9 Å². The lowest BCUT2D eigenvalue weighted by Crippen LogP contribution is -2.70.